The lowest BCUT2D eigenvalue weighted by Crippen LogP contribution is -1.92. The van der Waals surface area contributed by atoms with Crippen molar-refractivity contribution in [3.63, 3.8) is 0 Å². The molecule has 0 radical (unpaired) electrons. The molecule has 3 aromatic rings. The number of halogens is 3. The molecule has 0 saturated heterocycles. The Balaban J connectivity index is 2.03. The standard InChI is InChI=1S/C14H7F3N2O4S/c15-10-5-8(6-11(16)12(10)20)14-19-18-13(23-14)7-2-1-3-9(4-7)24(17,21)22/h1-6,20H. The summed E-state index contributed by atoms with van der Waals surface area (Å²) in [5.74, 6) is -4.01. The Bertz CT molecular complexity index is 1010. The molecule has 1 N–H and O–H groups in total. The first-order chi connectivity index (χ1) is 11.3. The summed E-state index contributed by atoms with van der Waals surface area (Å²) in [7, 11) is -4.91. The molecule has 124 valence electrons. The van der Waals surface area contributed by atoms with Gasteiger partial charge < -0.3 is 9.52 Å². The van der Waals surface area contributed by atoms with E-state index in [4.69, 9.17) is 9.52 Å². The van der Waals surface area contributed by atoms with Gasteiger partial charge in [-0.1, -0.05) is 6.07 Å². The van der Waals surface area contributed by atoms with Crippen molar-refractivity contribution >= 4 is 10.2 Å². The second kappa shape index (κ2) is 5.64. The number of benzene rings is 2. The molecule has 24 heavy (non-hydrogen) atoms. The average Bonchev–Trinajstić information content (AvgIpc) is 3.01. The molecular formula is C14H7F3N2O4S. The van der Waals surface area contributed by atoms with Crippen LogP contribution in [-0.4, -0.2) is 23.7 Å². The average molecular weight is 356 g/mol. The molecule has 0 unspecified atom stereocenters. The summed E-state index contributed by atoms with van der Waals surface area (Å²) >= 11 is 0. The lowest BCUT2D eigenvalue weighted by Gasteiger charge is -2.00. The third-order valence-corrected chi connectivity index (χ3v) is 3.87. The van der Waals surface area contributed by atoms with Gasteiger partial charge in [0, 0.05) is 11.1 Å². The van der Waals surface area contributed by atoms with Crippen molar-refractivity contribution in [1.82, 2.24) is 10.2 Å². The van der Waals surface area contributed by atoms with Crippen LogP contribution >= 0.6 is 0 Å². The van der Waals surface area contributed by atoms with E-state index in [0.717, 1.165) is 24.3 Å². The van der Waals surface area contributed by atoms with Crippen LogP contribution in [-0.2, 0) is 10.2 Å². The largest absolute Gasteiger partial charge is 0.503 e. The number of hydrogen-bond donors (Lipinski definition) is 1. The molecule has 6 nitrogen and oxygen atoms in total. The predicted octanol–water partition coefficient (Wildman–Crippen LogP) is 3.05. The first kappa shape index (κ1) is 16.0. The minimum absolute atomic E-state index is 0.104. The molecular weight excluding hydrogens is 349 g/mol. The van der Waals surface area contributed by atoms with Gasteiger partial charge >= 0.3 is 10.2 Å². The van der Waals surface area contributed by atoms with Crippen molar-refractivity contribution in [2.75, 3.05) is 0 Å². The maximum absolute atomic E-state index is 13.4. The Morgan fingerprint density at radius 3 is 2.12 bits per heavy atom. The van der Waals surface area contributed by atoms with Gasteiger partial charge in [0.05, 0.1) is 4.90 Å². The minimum atomic E-state index is -4.91. The Hall–Kier alpha value is -2.88. The number of nitrogens with zero attached hydrogens (tertiary/aromatic N) is 2. The predicted molar refractivity (Wildman–Crippen MR) is 75.0 cm³/mol. The number of aromatic nitrogens is 2. The van der Waals surface area contributed by atoms with E-state index in [2.05, 4.69) is 10.2 Å². The van der Waals surface area contributed by atoms with Crippen LogP contribution < -0.4 is 0 Å². The van der Waals surface area contributed by atoms with Gasteiger partial charge in [0.2, 0.25) is 11.8 Å². The van der Waals surface area contributed by atoms with E-state index < -0.39 is 32.5 Å². The zero-order valence-electron chi connectivity index (χ0n) is 11.6. The Kier molecular flexibility index (Phi) is 3.76. The van der Waals surface area contributed by atoms with Crippen molar-refractivity contribution in [2.45, 2.75) is 4.90 Å². The van der Waals surface area contributed by atoms with E-state index in [1.807, 2.05) is 0 Å². The molecule has 1 aromatic heterocycles. The van der Waals surface area contributed by atoms with Gasteiger partial charge in [0.25, 0.3) is 0 Å². The van der Waals surface area contributed by atoms with E-state index in [1.165, 1.54) is 12.1 Å². The van der Waals surface area contributed by atoms with Crippen molar-refractivity contribution in [3.05, 3.63) is 48.0 Å². The molecule has 0 aliphatic heterocycles. The molecule has 2 aromatic carbocycles. The second-order valence-electron chi connectivity index (χ2n) is 4.67. The minimum Gasteiger partial charge on any atom is -0.503 e. The topological polar surface area (TPSA) is 93.3 Å². The summed E-state index contributed by atoms with van der Waals surface area (Å²) in [6.45, 7) is 0. The number of phenolic OH excluding ortho intramolecular Hbond substituents is 1. The van der Waals surface area contributed by atoms with Crippen molar-refractivity contribution in [1.29, 1.82) is 0 Å². The highest BCUT2D eigenvalue weighted by Crippen LogP contribution is 2.29. The molecule has 0 saturated carbocycles. The van der Waals surface area contributed by atoms with Crippen molar-refractivity contribution in [3.8, 4) is 28.7 Å². The maximum Gasteiger partial charge on any atom is 0.332 e. The third-order valence-electron chi connectivity index (χ3n) is 3.05. The quantitative estimate of drug-likeness (QED) is 0.725. The molecule has 0 atom stereocenters. The highest BCUT2D eigenvalue weighted by Gasteiger charge is 2.18. The van der Waals surface area contributed by atoms with Crippen LogP contribution in [0, 0.1) is 11.6 Å². The third kappa shape index (κ3) is 2.95. The van der Waals surface area contributed by atoms with E-state index >= 15 is 0 Å². The molecule has 0 aliphatic carbocycles. The summed E-state index contributed by atoms with van der Waals surface area (Å²) in [6.07, 6.45) is 0. The maximum atomic E-state index is 13.4. The Morgan fingerprint density at radius 1 is 0.958 bits per heavy atom. The molecule has 0 amide bonds. The highest BCUT2D eigenvalue weighted by atomic mass is 32.3. The SMILES string of the molecule is O=S(=O)(F)c1cccc(-c2nnc(-c3cc(F)c(O)c(F)c3)o2)c1. The molecule has 3 rings (SSSR count). The summed E-state index contributed by atoms with van der Waals surface area (Å²) < 4.78 is 66.8. The molecule has 0 fully saturated rings. The molecule has 0 spiro atoms. The normalized spacial score (nSPS) is 11.6. The van der Waals surface area contributed by atoms with E-state index in [-0.39, 0.29) is 22.9 Å². The van der Waals surface area contributed by atoms with E-state index in [1.54, 1.807) is 0 Å². The molecule has 0 bridgehead atoms. The van der Waals surface area contributed by atoms with E-state index in [9.17, 15) is 21.1 Å². The second-order valence-corrected chi connectivity index (χ2v) is 6.01. The van der Waals surface area contributed by atoms with Crippen LogP contribution in [0.1, 0.15) is 0 Å². The van der Waals surface area contributed by atoms with Crippen molar-refractivity contribution in [2.24, 2.45) is 0 Å². The lowest BCUT2D eigenvalue weighted by molar-refractivity contribution is 0.396. The van der Waals surface area contributed by atoms with Gasteiger partial charge in [-0.2, -0.15) is 8.42 Å². The zero-order chi connectivity index (χ0) is 17.5. The fraction of sp³-hybridized carbons (Fsp3) is 0. The van der Waals surface area contributed by atoms with Crippen LogP contribution in [0.25, 0.3) is 22.9 Å². The number of aromatic hydroxyl groups is 1. The monoisotopic (exact) mass is 356 g/mol. The van der Waals surface area contributed by atoms with Gasteiger partial charge in [-0.15, -0.1) is 14.1 Å². The first-order valence-electron chi connectivity index (χ1n) is 6.32. The summed E-state index contributed by atoms with van der Waals surface area (Å²) in [6, 6.07) is 6.26. The van der Waals surface area contributed by atoms with Crippen molar-refractivity contribution < 1.29 is 30.6 Å². The van der Waals surface area contributed by atoms with Gasteiger partial charge in [0.15, 0.2) is 17.4 Å². The van der Waals surface area contributed by atoms with Gasteiger partial charge in [0.1, 0.15) is 0 Å². The Labute approximate surface area is 133 Å². The van der Waals surface area contributed by atoms with Crippen LogP contribution in [0.3, 0.4) is 0 Å². The Morgan fingerprint density at radius 2 is 1.54 bits per heavy atom. The van der Waals surface area contributed by atoms with Crippen LogP contribution in [0.4, 0.5) is 12.7 Å². The number of rotatable bonds is 3. The van der Waals surface area contributed by atoms with Crippen LogP contribution in [0.5, 0.6) is 5.75 Å². The smallest absolute Gasteiger partial charge is 0.332 e. The lowest BCUT2D eigenvalue weighted by atomic mass is 10.2. The summed E-state index contributed by atoms with van der Waals surface area (Å²) in [5, 5.41) is 16.3. The fourth-order valence-corrected chi connectivity index (χ4v) is 2.44. The number of hydrogen-bond acceptors (Lipinski definition) is 6. The summed E-state index contributed by atoms with van der Waals surface area (Å²) in [5.41, 5.74) is -0.0250. The van der Waals surface area contributed by atoms with E-state index in [0.29, 0.717) is 0 Å². The highest BCUT2D eigenvalue weighted by molar-refractivity contribution is 7.86. The number of phenols is 1. The molecule has 1 heterocycles. The fourth-order valence-electron chi connectivity index (χ4n) is 1.93. The zero-order valence-corrected chi connectivity index (χ0v) is 12.4. The van der Waals surface area contributed by atoms with Gasteiger partial charge in [-0.3, -0.25) is 0 Å². The molecule has 10 heteroatoms. The van der Waals surface area contributed by atoms with Gasteiger partial charge in [-0.25, -0.2) is 8.78 Å². The molecule has 0 aliphatic rings. The summed E-state index contributed by atoms with van der Waals surface area (Å²) in [4.78, 5) is -0.596. The van der Waals surface area contributed by atoms with Gasteiger partial charge in [-0.05, 0) is 30.3 Å². The first-order valence-corrected chi connectivity index (χ1v) is 7.71. The van der Waals surface area contributed by atoms with Crippen LogP contribution in [0.2, 0.25) is 0 Å². The van der Waals surface area contributed by atoms with Crippen LogP contribution in [0.15, 0.2) is 45.7 Å².